The van der Waals surface area contributed by atoms with E-state index in [1.165, 1.54) is 0 Å². The van der Waals surface area contributed by atoms with Gasteiger partial charge in [0.2, 0.25) is 0 Å². The van der Waals surface area contributed by atoms with E-state index in [4.69, 9.17) is 25.8 Å². The fourth-order valence-electron chi connectivity index (χ4n) is 4.24. The van der Waals surface area contributed by atoms with Crippen molar-refractivity contribution < 1.29 is 14.2 Å². The maximum absolute atomic E-state index is 13.5. The number of methoxy groups -OCH3 is 1. The van der Waals surface area contributed by atoms with Crippen LogP contribution in [0.15, 0.2) is 35.1 Å². The van der Waals surface area contributed by atoms with E-state index in [0.29, 0.717) is 53.4 Å². The van der Waals surface area contributed by atoms with Gasteiger partial charge in [-0.2, -0.15) is 0 Å². The number of ether oxygens (including phenoxy) is 1. The Kier molecular flexibility index (Phi) is 5.17. The van der Waals surface area contributed by atoms with Crippen molar-refractivity contribution in [2.24, 2.45) is 5.73 Å². The highest BCUT2D eigenvalue weighted by Gasteiger charge is 2.30. The van der Waals surface area contributed by atoms with Crippen molar-refractivity contribution in [2.45, 2.75) is 25.9 Å². The molecule has 4 N–H and O–H groups in total. The van der Waals surface area contributed by atoms with Crippen molar-refractivity contribution in [3.63, 3.8) is 0 Å². The summed E-state index contributed by atoms with van der Waals surface area (Å²) in [6, 6.07) is 7.48. The first-order valence-corrected chi connectivity index (χ1v) is 10.7. The molecule has 0 spiro atoms. The number of hydrogen-bond acceptors (Lipinski definition) is 9. The van der Waals surface area contributed by atoms with Crippen LogP contribution in [0.25, 0.3) is 33.8 Å². The zero-order valence-electron chi connectivity index (χ0n) is 18.4. The van der Waals surface area contributed by atoms with E-state index in [0.717, 1.165) is 17.7 Å². The fraction of sp³-hybridized carbons (Fsp3) is 0.318. The van der Waals surface area contributed by atoms with E-state index >= 15 is 0 Å². The van der Waals surface area contributed by atoms with Gasteiger partial charge < -0.3 is 25.7 Å². The highest BCUT2D eigenvalue weighted by atomic mass is 16.6. The number of amides is 1. The number of benzene rings is 1. The zero-order valence-corrected chi connectivity index (χ0v) is 18.4. The summed E-state index contributed by atoms with van der Waals surface area (Å²) in [7, 11) is 1.61. The lowest BCUT2D eigenvalue weighted by Crippen LogP contribution is -2.32. The fourth-order valence-corrected chi connectivity index (χ4v) is 4.24. The molecule has 1 amide bonds. The summed E-state index contributed by atoms with van der Waals surface area (Å²) < 4.78 is 12.0. The highest BCUT2D eigenvalue weighted by Crippen LogP contribution is 2.34. The number of rotatable bonds is 5. The van der Waals surface area contributed by atoms with Crippen molar-refractivity contribution in [1.29, 1.82) is 0 Å². The van der Waals surface area contributed by atoms with Gasteiger partial charge in [0.05, 0.1) is 23.9 Å². The molecule has 1 aromatic carbocycles. The van der Waals surface area contributed by atoms with E-state index in [-0.39, 0.29) is 17.8 Å². The highest BCUT2D eigenvalue weighted by molar-refractivity contribution is 6.08. The number of imidazole rings is 1. The number of aromatic nitrogens is 5. The van der Waals surface area contributed by atoms with Crippen LogP contribution < -0.4 is 16.2 Å². The normalized spacial score (nSPS) is 16.0. The lowest BCUT2D eigenvalue weighted by Gasteiger charge is -2.17. The van der Waals surface area contributed by atoms with Gasteiger partial charge in [0, 0.05) is 37.4 Å². The smallest absolute Gasteiger partial charge is 0.257 e. The monoisotopic (exact) mass is 448 g/mol. The second-order valence-corrected chi connectivity index (χ2v) is 7.92. The summed E-state index contributed by atoms with van der Waals surface area (Å²) in [4.78, 5) is 24.7. The van der Waals surface area contributed by atoms with Crippen LogP contribution >= 0.6 is 0 Å². The molecule has 11 heteroatoms. The molecule has 4 heterocycles. The first-order valence-electron chi connectivity index (χ1n) is 10.7. The third-order valence-corrected chi connectivity index (χ3v) is 5.92. The van der Waals surface area contributed by atoms with Gasteiger partial charge in [-0.15, -0.1) is 0 Å². The second-order valence-electron chi connectivity index (χ2n) is 7.92. The molecular weight excluding hydrogens is 424 g/mol. The Morgan fingerprint density at radius 1 is 1.24 bits per heavy atom. The Labute approximate surface area is 189 Å². The number of nitrogens with zero attached hydrogens (tertiary/aromatic N) is 6. The Balaban J connectivity index is 1.75. The first kappa shape index (κ1) is 20.9. The van der Waals surface area contributed by atoms with Gasteiger partial charge in [0.1, 0.15) is 11.3 Å². The van der Waals surface area contributed by atoms with Gasteiger partial charge in [0.25, 0.3) is 5.91 Å². The van der Waals surface area contributed by atoms with Crippen LogP contribution in [-0.4, -0.2) is 61.9 Å². The molecule has 1 atom stereocenters. The Morgan fingerprint density at radius 2 is 2.03 bits per heavy atom. The predicted molar refractivity (Wildman–Crippen MR) is 121 cm³/mol. The maximum atomic E-state index is 13.5. The molecular formula is C22H24N8O3. The van der Waals surface area contributed by atoms with E-state index in [9.17, 15) is 4.79 Å². The standard InChI is InChI=1S/C22H24N8O3/c1-3-30-19-15(22(31)29-9-8-13(23)11-29)10-25-16(12-4-6-14(32-2)7-5-12)17(19)26-21(30)18-20(24)28-33-27-18/h4-7,10,13H,3,8-9,11,23H2,1-2H3,(H2,24,28). The van der Waals surface area contributed by atoms with Gasteiger partial charge in [-0.3, -0.25) is 9.78 Å². The van der Waals surface area contributed by atoms with Gasteiger partial charge in [0.15, 0.2) is 17.3 Å². The summed E-state index contributed by atoms with van der Waals surface area (Å²) >= 11 is 0. The van der Waals surface area contributed by atoms with E-state index in [1.807, 2.05) is 35.8 Å². The third kappa shape index (κ3) is 3.46. The molecule has 1 aliphatic heterocycles. The molecule has 1 saturated heterocycles. The minimum Gasteiger partial charge on any atom is -0.497 e. The molecule has 1 fully saturated rings. The number of anilines is 1. The molecule has 170 valence electrons. The molecule has 0 saturated carbocycles. The van der Waals surface area contributed by atoms with Crippen LogP contribution in [0.3, 0.4) is 0 Å². The average molecular weight is 448 g/mol. The van der Waals surface area contributed by atoms with Crippen molar-refractivity contribution in [3.8, 4) is 28.5 Å². The van der Waals surface area contributed by atoms with Crippen LogP contribution in [-0.2, 0) is 6.54 Å². The Hall–Kier alpha value is -3.99. The molecule has 11 nitrogen and oxygen atoms in total. The van der Waals surface area contributed by atoms with Gasteiger partial charge in [-0.25, -0.2) is 9.61 Å². The van der Waals surface area contributed by atoms with Crippen molar-refractivity contribution in [3.05, 3.63) is 36.0 Å². The number of nitrogens with two attached hydrogens (primary N) is 2. The number of fused-ring (bicyclic) bond motifs is 1. The Morgan fingerprint density at radius 3 is 2.64 bits per heavy atom. The van der Waals surface area contributed by atoms with Crippen LogP contribution in [0, 0.1) is 0 Å². The molecule has 1 unspecified atom stereocenters. The molecule has 4 aromatic rings. The number of carbonyl (C=O) groups excluding carboxylic acids is 1. The second kappa shape index (κ2) is 8.17. The molecule has 1 aliphatic rings. The van der Waals surface area contributed by atoms with Crippen LogP contribution in [0.4, 0.5) is 5.82 Å². The lowest BCUT2D eigenvalue weighted by atomic mass is 10.1. The summed E-state index contributed by atoms with van der Waals surface area (Å²) in [5.74, 6) is 1.18. The summed E-state index contributed by atoms with van der Waals surface area (Å²) in [6.07, 6.45) is 2.38. The van der Waals surface area contributed by atoms with Crippen molar-refractivity contribution >= 4 is 22.8 Å². The van der Waals surface area contributed by atoms with Crippen LogP contribution in [0.1, 0.15) is 23.7 Å². The van der Waals surface area contributed by atoms with Crippen molar-refractivity contribution in [2.75, 3.05) is 25.9 Å². The third-order valence-electron chi connectivity index (χ3n) is 5.92. The molecule has 33 heavy (non-hydrogen) atoms. The molecule has 0 bridgehead atoms. The molecule has 0 radical (unpaired) electrons. The number of nitrogen functional groups attached to an aromatic ring is 1. The Bertz CT molecular complexity index is 1330. The van der Waals surface area contributed by atoms with Crippen molar-refractivity contribution in [1.82, 2.24) is 29.7 Å². The van der Waals surface area contributed by atoms with E-state index < -0.39 is 0 Å². The molecule has 3 aromatic heterocycles. The minimum atomic E-state index is -0.130. The number of carbonyl (C=O) groups is 1. The quantitative estimate of drug-likeness (QED) is 0.466. The maximum Gasteiger partial charge on any atom is 0.257 e. The first-order chi connectivity index (χ1) is 16.0. The summed E-state index contributed by atoms with van der Waals surface area (Å²) in [6.45, 7) is 3.59. The largest absolute Gasteiger partial charge is 0.497 e. The summed E-state index contributed by atoms with van der Waals surface area (Å²) in [5, 5.41) is 7.62. The predicted octanol–water partition coefficient (Wildman–Crippen LogP) is 1.93. The summed E-state index contributed by atoms with van der Waals surface area (Å²) in [5.41, 5.74) is 15.5. The zero-order chi connectivity index (χ0) is 23.1. The molecule has 5 rings (SSSR count). The minimum absolute atomic E-state index is 0.0244. The van der Waals surface area contributed by atoms with Gasteiger partial charge >= 0.3 is 0 Å². The van der Waals surface area contributed by atoms with Crippen LogP contribution in [0.2, 0.25) is 0 Å². The average Bonchev–Trinajstić information content (AvgIpc) is 3.55. The molecule has 0 aliphatic carbocycles. The number of likely N-dealkylation sites (tertiary alicyclic amines) is 1. The van der Waals surface area contributed by atoms with E-state index in [2.05, 4.69) is 15.3 Å². The number of hydrogen-bond donors (Lipinski definition) is 2. The van der Waals surface area contributed by atoms with E-state index in [1.54, 1.807) is 18.2 Å². The van der Waals surface area contributed by atoms with Gasteiger partial charge in [-0.1, -0.05) is 0 Å². The van der Waals surface area contributed by atoms with Crippen LogP contribution in [0.5, 0.6) is 5.75 Å². The number of pyridine rings is 1. The lowest BCUT2D eigenvalue weighted by molar-refractivity contribution is 0.0792. The SMILES string of the molecule is CCn1c(-c2nonc2N)nc2c(-c3ccc(OC)cc3)ncc(C(=O)N3CCC(N)C3)c21. The number of aryl methyl sites for hydroxylation is 1. The topological polar surface area (TPSA) is 151 Å². The van der Waals surface area contributed by atoms with Gasteiger partial charge in [-0.05, 0) is 47.9 Å².